The van der Waals surface area contributed by atoms with Gasteiger partial charge in [0.05, 0.1) is 20.8 Å². The summed E-state index contributed by atoms with van der Waals surface area (Å²) < 4.78 is 0.711. The van der Waals surface area contributed by atoms with Crippen molar-refractivity contribution in [2.45, 2.75) is 0 Å². The van der Waals surface area contributed by atoms with E-state index in [9.17, 15) is 4.79 Å². The topological polar surface area (TPSA) is 55.1 Å². The summed E-state index contributed by atoms with van der Waals surface area (Å²) in [7, 11) is 0. The molecule has 0 fully saturated rings. The van der Waals surface area contributed by atoms with Crippen molar-refractivity contribution >= 4 is 68.0 Å². The Morgan fingerprint density at radius 3 is 2.30 bits per heavy atom. The van der Waals surface area contributed by atoms with Gasteiger partial charge in [-0.2, -0.15) is 0 Å². The van der Waals surface area contributed by atoms with Crippen LogP contribution < -0.4 is 11.1 Å². The lowest BCUT2D eigenvalue weighted by atomic mass is 10.2. The maximum absolute atomic E-state index is 12.1. The Morgan fingerprint density at radius 2 is 1.65 bits per heavy atom. The van der Waals surface area contributed by atoms with E-state index < -0.39 is 0 Å². The zero-order valence-electron chi connectivity index (χ0n) is 9.88. The Bertz CT molecular complexity index is 671. The largest absolute Gasteiger partial charge is 0.399 e. The Labute approximate surface area is 139 Å². The fourth-order valence-corrected chi connectivity index (χ4v) is 2.66. The second-order valence-corrected chi connectivity index (χ2v) is 6.11. The number of rotatable bonds is 2. The van der Waals surface area contributed by atoms with Crippen molar-refractivity contribution in [3.8, 4) is 0 Å². The fourth-order valence-electron chi connectivity index (χ4n) is 1.56. The van der Waals surface area contributed by atoms with Crippen molar-refractivity contribution in [1.29, 1.82) is 0 Å². The molecule has 0 saturated carbocycles. The Morgan fingerprint density at radius 1 is 1.00 bits per heavy atom. The van der Waals surface area contributed by atoms with Gasteiger partial charge in [0, 0.05) is 15.7 Å². The van der Waals surface area contributed by atoms with Crippen LogP contribution in [0, 0.1) is 0 Å². The van der Waals surface area contributed by atoms with E-state index in [1.54, 1.807) is 18.2 Å². The van der Waals surface area contributed by atoms with Crippen LogP contribution in [-0.2, 0) is 0 Å². The Kier molecular flexibility index (Phi) is 4.81. The highest BCUT2D eigenvalue weighted by molar-refractivity contribution is 9.10. The Balaban J connectivity index is 2.30. The van der Waals surface area contributed by atoms with Crippen LogP contribution in [0.25, 0.3) is 0 Å². The van der Waals surface area contributed by atoms with Crippen molar-refractivity contribution in [2.75, 3.05) is 11.1 Å². The van der Waals surface area contributed by atoms with Crippen molar-refractivity contribution in [3.63, 3.8) is 0 Å². The molecule has 20 heavy (non-hydrogen) atoms. The molecule has 0 atom stereocenters. The normalized spacial score (nSPS) is 10.4. The summed E-state index contributed by atoms with van der Waals surface area (Å²) in [4.78, 5) is 12.1. The van der Waals surface area contributed by atoms with Gasteiger partial charge in [0.1, 0.15) is 0 Å². The molecule has 0 aliphatic rings. The van der Waals surface area contributed by atoms with Gasteiger partial charge >= 0.3 is 0 Å². The smallest absolute Gasteiger partial charge is 0.255 e. The van der Waals surface area contributed by atoms with Gasteiger partial charge in [-0.1, -0.05) is 50.7 Å². The van der Waals surface area contributed by atoms with Crippen LogP contribution >= 0.6 is 50.7 Å². The second-order valence-electron chi connectivity index (χ2n) is 3.97. The van der Waals surface area contributed by atoms with Gasteiger partial charge in [0.25, 0.3) is 5.91 Å². The predicted octanol–water partition coefficient (Wildman–Crippen LogP) is 5.24. The van der Waals surface area contributed by atoms with Crippen LogP contribution in [0.15, 0.2) is 34.8 Å². The maximum Gasteiger partial charge on any atom is 0.255 e. The van der Waals surface area contributed by atoms with E-state index in [1.165, 1.54) is 12.1 Å². The Hall–Kier alpha value is -0.940. The van der Waals surface area contributed by atoms with Gasteiger partial charge in [0.2, 0.25) is 0 Å². The molecule has 0 radical (unpaired) electrons. The van der Waals surface area contributed by atoms with Crippen LogP contribution in [-0.4, -0.2) is 5.91 Å². The SMILES string of the molecule is Nc1cc(Br)cc(C(=O)Nc2cc(Cl)c(Cl)cc2Cl)c1. The van der Waals surface area contributed by atoms with E-state index in [4.69, 9.17) is 40.5 Å². The summed E-state index contributed by atoms with van der Waals surface area (Å²) in [5.74, 6) is -0.349. The van der Waals surface area contributed by atoms with Crippen LogP contribution in [0.5, 0.6) is 0 Å². The lowest BCUT2D eigenvalue weighted by molar-refractivity contribution is 0.102. The third-order valence-electron chi connectivity index (χ3n) is 2.44. The van der Waals surface area contributed by atoms with E-state index in [0.717, 1.165) is 0 Å². The number of hydrogen-bond acceptors (Lipinski definition) is 2. The van der Waals surface area contributed by atoms with E-state index in [0.29, 0.717) is 36.5 Å². The highest BCUT2D eigenvalue weighted by Crippen LogP contribution is 2.32. The minimum atomic E-state index is -0.349. The van der Waals surface area contributed by atoms with E-state index >= 15 is 0 Å². The molecule has 0 saturated heterocycles. The third kappa shape index (κ3) is 3.58. The molecule has 3 nitrogen and oxygen atoms in total. The first-order valence-corrected chi connectivity index (χ1v) is 7.31. The molecule has 3 N–H and O–H groups in total. The highest BCUT2D eigenvalue weighted by atomic mass is 79.9. The van der Waals surface area contributed by atoms with Crippen LogP contribution in [0.1, 0.15) is 10.4 Å². The number of carbonyl (C=O) groups is 1. The molecule has 0 aliphatic carbocycles. The molecule has 2 rings (SSSR count). The van der Waals surface area contributed by atoms with Gasteiger partial charge in [-0.3, -0.25) is 4.79 Å². The standard InChI is InChI=1S/C13H8BrCl3N2O/c14-7-1-6(2-8(18)3-7)13(20)19-12-5-10(16)9(15)4-11(12)17/h1-5H,18H2,(H,19,20). The number of benzene rings is 2. The lowest BCUT2D eigenvalue weighted by Crippen LogP contribution is -2.12. The molecule has 0 aliphatic heterocycles. The second kappa shape index (κ2) is 6.22. The average Bonchev–Trinajstić information content (AvgIpc) is 2.34. The lowest BCUT2D eigenvalue weighted by Gasteiger charge is -2.09. The molecule has 0 bridgehead atoms. The molecule has 0 spiro atoms. The van der Waals surface area contributed by atoms with E-state index in [-0.39, 0.29) is 5.91 Å². The summed E-state index contributed by atoms with van der Waals surface area (Å²) in [5.41, 5.74) is 6.95. The first-order valence-electron chi connectivity index (χ1n) is 5.39. The van der Waals surface area contributed by atoms with Crippen LogP contribution in [0.3, 0.4) is 0 Å². The first-order chi connectivity index (χ1) is 9.36. The zero-order valence-corrected chi connectivity index (χ0v) is 13.7. The van der Waals surface area contributed by atoms with Gasteiger partial charge in [-0.25, -0.2) is 0 Å². The molecular weight excluding hydrogens is 386 g/mol. The van der Waals surface area contributed by atoms with Gasteiger partial charge in [-0.05, 0) is 30.3 Å². The van der Waals surface area contributed by atoms with Crippen molar-refractivity contribution in [3.05, 3.63) is 55.4 Å². The number of halogens is 4. The number of nitrogens with one attached hydrogen (secondary N) is 1. The number of nitrogens with two attached hydrogens (primary N) is 1. The molecule has 0 heterocycles. The van der Waals surface area contributed by atoms with Gasteiger partial charge < -0.3 is 11.1 Å². The van der Waals surface area contributed by atoms with Crippen LogP contribution in [0.4, 0.5) is 11.4 Å². The summed E-state index contributed by atoms with van der Waals surface area (Å²) in [6.45, 7) is 0. The van der Waals surface area contributed by atoms with Gasteiger partial charge in [-0.15, -0.1) is 0 Å². The van der Waals surface area contributed by atoms with Crippen molar-refractivity contribution < 1.29 is 4.79 Å². The quantitative estimate of drug-likeness (QED) is 0.540. The maximum atomic E-state index is 12.1. The van der Waals surface area contributed by atoms with Crippen molar-refractivity contribution in [1.82, 2.24) is 0 Å². The summed E-state index contributed by atoms with van der Waals surface area (Å²) in [6.07, 6.45) is 0. The van der Waals surface area contributed by atoms with Crippen LogP contribution in [0.2, 0.25) is 15.1 Å². The van der Waals surface area contributed by atoms with E-state index in [1.807, 2.05) is 0 Å². The average molecular weight is 394 g/mol. The molecule has 7 heteroatoms. The first kappa shape index (κ1) is 15.4. The molecule has 104 valence electrons. The highest BCUT2D eigenvalue weighted by Gasteiger charge is 2.12. The molecule has 0 unspecified atom stereocenters. The minimum absolute atomic E-state index is 0.302. The number of carbonyl (C=O) groups excluding carboxylic acids is 1. The fraction of sp³-hybridized carbons (Fsp3) is 0. The molecule has 1 amide bonds. The molecule has 2 aromatic carbocycles. The summed E-state index contributed by atoms with van der Waals surface area (Å²) >= 11 is 21.0. The monoisotopic (exact) mass is 392 g/mol. The minimum Gasteiger partial charge on any atom is -0.399 e. The molecule has 2 aromatic rings. The number of nitrogen functional groups attached to an aromatic ring is 1. The molecule has 0 aromatic heterocycles. The number of amides is 1. The van der Waals surface area contributed by atoms with E-state index in [2.05, 4.69) is 21.2 Å². The third-order valence-corrected chi connectivity index (χ3v) is 3.93. The summed E-state index contributed by atoms with van der Waals surface area (Å²) in [6, 6.07) is 7.87. The van der Waals surface area contributed by atoms with Gasteiger partial charge in [0.15, 0.2) is 0 Å². The predicted molar refractivity (Wildman–Crippen MR) is 88.0 cm³/mol. The zero-order chi connectivity index (χ0) is 14.9. The summed E-state index contributed by atoms with van der Waals surface area (Å²) in [5, 5.41) is 3.59. The van der Waals surface area contributed by atoms with Crippen molar-refractivity contribution in [2.24, 2.45) is 0 Å². The number of hydrogen-bond donors (Lipinski definition) is 2. The number of anilines is 2. The molecular formula is C13H8BrCl3N2O.